The van der Waals surface area contributed by atoms with E-state index in [0.717, 1.165) is 0 Å². The maximum atomic E-state index is 5.31. The number of aliphatic imine (C=N–C) groups is 1. The zero-order valence-corrected chi connectivity index (χ0v) is 7.76. The predicted molar refractivity (Wildman–Crippen MR) is 48.0 cm³/mol. The summed E-state index contributed by atoms with van der Waals surface area (Å²) in [4.78, 5) is 3.69. The minimum Gasteiger partial charge on any atom is -0.349 e. The van der Waals surface area contributed by atoms with Gasteiger partial charge in [-0.3, -0.25) is 0 Å². The van der Waals surface area contributed by atoms with Crippen molar-refractivity contribution in [3.8, 4) is 0 Å². The minimum absolute atomic E-state index is 0.459. The molecule has 0 saturated carbocycles. The topological polar surface area (TPSA) is 46.3 Å². The third-order valence-electron chi connectivity index (χ3n) is 1.34. The van der Waals surface area contributed by atoms with E-state index < -0.39 is 5.72 Å². The standard InChI is InChI=1S/C7H9N3OS/c1-3-11-7(2)4-6(8-5-12)9-10-7/h4H,3H2,1-2H3. The van der Waals surface area contributed by atoms with E-state index in [2.05, 4.69) is 32.6 Å². The van der Waals surface area contributed by atoms with Crippen LogP contribution in [0.15, 0.2) is 27.1 Å². The lowest BCUT2D eigenvalue weighted by molar-refractivity contribution is 0.0195. The highest BCUT2D eigenvalue weighted by Gasteiger charge is 2.26. The molecule has 0 spiro atoms. The molecule has 0 aromatic rings. The molecule has 0 N–H and O–H groups in total. The quantitative estimate of drug-likeness (QED) is 0.497. The summed E-state index contributed by atoms with van der Waals surface area (Å²) in [5, 5.41) is 9.87. The van der Waals surface area contributed by atoms with Gasteiger partial charge in [0.25, 0.3) is 0 Å². The van der Waals surface area contributed by atoms with Crippen LogP contribution in [0.5, 0.6) is 0 Å². The Hall–Kier alpha value is -0.900. The Labute approximate surface area is 76.0 Å². The van der Waals surface area contributed by atoms with Gasteiger partial charge in [0.15, 0.2) is 11.5 Å². The minimum atomic E-state index is -0.667. The molecule has 1 aliphatic heterocycles. The molecule has 0 aromatic heterocycles. The average molecular weight is 183 g/mol. The maximum absolute atomic E-state index is 5.31. The zero-order valence-electron chi connectivity index (χ0n) is 6.94. The van der Waals surface area contributed by atoms with Gasteiger partial charge >= 0.3 is 0 Å². The highest BCUT2D eigenvalue weighted by molar-refractivity contribution is 7.78. The number of isothiocyanates is 1. The molecule has 1 unspecified atom stereocenters. The van der Waals surface area contributed by atoms with Gasteiger partial charge in [0.2, 0.25) is 0 Å². The summed E-state index contributed by atoms with van der Waals surface area (Å²) in [6, 6.07) is 0. The third-order valence-corrected chi connectivity index (χ3v) is 1.44. The number of rotatable bonds is 3. The van der Waals surface area contributed by atoms with Crippen LogP contribution in [0.4, 0.5) is 0 Å². The van der Waals surface area contributed by atoms with Gasteiger partial charge in [0, 0.05) is 12.7 Å². The third kappa shape index (κ3) is 2.04. The molecule has 1 atom stereocenters. The summed E-state index contributed by atoms with van der Waals surface area (Å²) in [5.74, 6) is 0.459. The van der Waals surface area contributed by atoms with Gasteiger partial charge in [-0.05, 0) is 26.1 Å². The monoisotopic (exact) mass is 183 g/mol. The van der Waals surface area contributed by atoms with Crippen molar-refractivity contribution in [3.63, 3.8) is 0 Å². The molecule has 4 nitrogen and oxygen atoms in total. The van der Waals surface area contributed by atoms with Crippen LogP contribution in [-0.4, -0.2) is 17.5 Å². The Bertz CT molecular complexity index is 280. The van der Waals surface area contributed by atoms with E-state index >= 15 is 0 Å². The molecule has 0 fully saturated rings. The lowest BCUT2D eigenvalue weighted by Gasteiger charge is -2.14. The van der Waals surface area contributed by atoms with Crippen molar-refractivity contribution in [1.82, 2.24) is 0 Å². The first kappa shape index (κ1) is 9.19. The SMILES string of the molecule is CCOC1(C)C=C(N=C=S)N=N1. The summed E-state index contributed by atoms with van der Waals surface area (Å²) in [5.41, 5.74) is -0.667. The molecule has 0 aromatic carbocycles. The van der Waals surface area contributed by atoms with Crippen LogP contribution in [0, 0.1) is 0 Å². The Morgan fingerprint density at radius 2 is 2.58 bits per heavy atom. The Kier molecular flexibility index (Phi) is 2.81. The van der Waals surface area contributed by atoms with Gasteiger partial charge in [-0.15, -0.1) is 10.2 Å². The number of nitrogens with zero attached hydrogens (tertiary/aromatic N) is 3. The number of hydrogen-bond acceptors (Lipinski definition) is 5. The smallest absolute Gasteiger partial charge is 0.199 e. The summed E-state index contributed by atoms with van der Waals surface area (Å²) >= 11 is 4.43. The fourth-order valence-corrected chi connectivity index (χ4v) is 1.01. The lowest BCUT2D eigenvalue weighted by atomic mass is 10.3. The van der Waals surface area contributed by atoms with Crippen LogP contribution in [0.25, 0.3) is 0 Å². The maximum Gasteiger partial charge on any atom is 0.199 e. The molecular formula is C7H9N3OS. The second kappa shape index (κ2) is 3.67. The molecule has 1 aliphatic rings. The van der Waals surface area contributed by atoms with E-state index in [1.165, 1.54) is 0 Å². The first-order chi connectivity index (χ1) is 5.70. The molecule has 5 heteroatoms. The van der Waals surface area contributed by atoms with Crippen molar-refractivity contribution in [2.24, 2.45) is 15.2 Å². The van der Waals surface area contributed by atoms with E-state index in [-0.39, 0.29) is 0 Å². The summed E-state index contributed by atoms with van der Waals surface area (Å²) in [7, 11) is 0. The molecule has 0 amide bonds. The second-order valence-corrected chi connectivity index (χ2v) is 2.58. The highest BCUT2D eigenvalue weighted by Crippen LogP contribution is 2.24. The number of thiocarbonyl (C=S) groups is 1. The normalized spacial score (nSPS) is 26.7. The van der Waals surface area contributed by atoms with Gasteiger partial charge in [-0.25, -0.2) is 0 Å². The van der Waals surface area contributed by atoms with Crippen molar-refractivity contribution in [1.29, 1.82) is 0 Å². The van der Waals surface area contributed by atoms with Gasteiger partial charge in [0.1, 0.15) is 0 Å². The molecule has 0 bridgehead atoms. The summed E-state index contributed by atoms with van der Waals surface area (Å²) < 4.78 is 5.31. The molecule has 1 rings (SSSR count). The molecule has 0 radical (unpaired) electrons. The van der Waals surface area contributed by atoms with E-state index in [0.29, 0.717) is 12.4 Å². The Balaban J connectivity index is 2.76. The lowest BCUT2D eigenvalue weighted by Crippen LogP contribution is -2.20. The largest absolute Gasteiger partial charge is 0.349 e. The van der Waals surface area contributed by atoms with Crippen molar-refractivity contribution >= 4 is 17.4 Å². The second-order valence-electron chi connectivity index (χ2n) is 2.39. The molecule has 12 heavy (non-hydrogen) atoms. The van der Waals surface area contributed by atoms with Crippen LogP contribution in [0.3, 0.4) is 0 Å². The number of azo groups is 1. The van der Waals surface area contributed by atoms with E-state index in [1.807, 2.05) is 13.8 Å². The number of ether oxygens (including phenoxy) is 1. The molecule has 64 valence electrons. The Morgan fingerprint density at radius 1 is 1.83 bits per heavy atom. The van der Waals surface area contributed by atoms with Crippen LogP contribution in [0.2, 0.25) is 0 Å². The van der Waals surface area contributed by atoms with Gasteiger partial charge in [0.05, 0.1) is 5.16 Å². The van der Waals surface area contributed by atoms with E-state index in [1.54, 1.807) is 6.08 Å². The van der Waals surface area contributed by atoms with Crippen LogP contribution >= 0.6 is 12.2 Å². The molecule has 0 aliphatic carbocycles. The highest BCUT2D eigenvalue weighted by atomic mass is 32.1. The molecule has 0 saturated heterocycles. The summed E-state index contributed by atoms with van der Waals surface area (Å²) in [6.07, 6.45) is 1.70. The van der Waals surface area contributed by atoms with Gasteiger partial charge in [-0.1, -0.05) is 0 Å². The van der Waals surface area contributed by atoms with E-state index in [4.69, 9.17) is 4.74 Å². The van der Waals surface area contributed by atoms with Crippen LogP contribution < -0.4 is 0 Å². The summed E-state index contributed by atoms with van der Waals surface area (Å²) in [6.45, 7) is 4.29. The fraction of sp³-hybridized carbons (Fsp3) is 0.571. The van der Waals surface area contributed by atoms with Crippen LogP contribution in [0.1, 0.15) is 13.8 Å². The first-order valence-electron chi connectivity index (χ1n) is 3.58. The molecule has 1 heterocycles. The van der Waals surface area contributed by atoms with Gasteiger partial charge < -0.3 is 4.74 Å². The first-order valence-corrected chi connectivity index (χ1v) is 3.98. The number of hydrogen-bond donors (Lipinski definition) is 0. The van der Waals surface area contributed by atoms with E-state index in [9.17, 15) is 0 Å². The zero-order chi connectivity index (χ0) is 9.03. The van der Waals surface area contributed by atoms with Crippen molar-refractivity contribution in [2.45, 2.75) is 19.6 Å². The van der Waals surface area contributed by atoms with Crippen LogP contribution in [-0.2, 0) is 4.74 Å². The van der Waals surface area contributed by atoms with Crippen molar-refractivity contribution < 1.29 is 4.74 Å². The van der Waals surface area contributed by atoms with Crippen molar-refractivity contribution in [3.05, 3.63) is 11.9 Å². The molecular weight excluding hydrogens is 174 g/mol. The Morgan fingerprint density at radius 3 is 3.17 bits per heavy atom. The predicted octanol–water partition coefficient (Wildman–Crippen LogP) is 2.15. The average Bonchev–Trinajstić information content (AvgIpc) is 2.34. The van der Waals surface area contributed by atoms with Gasteiger partial charge in [-0.2, -0.15) is 4.99 Å². The fourth-order valence-electron chi connectivity index (χ4n) is 0.912. The van der Waals surface area contributed by atoms with Crippen molar-refractivity contribution in [2.75, 3.05) is 6.61 Å².